The second-order valence-electron chi connectivity index (χ2n) is 4.10. The highest BCUT2D eigenvalue weighted by atomic mass is 35.5. The summed E-state index contributed by atoms with van der Waals surface area (Å²) in [5.74, 6) is 0.0244. The van der Waals surface area contributed by atoms with Gasteiger partial charge in [-0.2, -0.15) is 0 Å². The number of carbonyl (C=O) groups is 1. The van der Waals surface area contributed by atoms with Crippen molar-refractivity contribution in [3.63, 3.8) is 0 Å². The highest BCUT2D eigenvalue weighted by Crippen LogP contribution is 2.27. The summed E-state index contributed by atoms with van der Waals surface area (Å²) in [6.07, 6.45) is 0.414. The maximum Gasteiger partial charge on any atom is 0.258 e. The lowest BCUT2D eigenvalue weighted by atomic mass is 10.2. The van der Waals surface area contributed by atoms with E-state index in [1.54, 1.807) is 12.1 Å². The number of aliphatic hydroxyl groups excluding tert-OH is 1. The lowest BCUT2D eigenvalue weighted by Crippen LogP contribution is -2.41. The molecule has 0 saturated carbocycles. The van der Waals surface area contributed by atoms with E-state index in [0.29, 0.717) is 28.8 Å². The van der Waals surface area contributed by atoms with Crippen molar-refractivity contribution in [2.24, 2.45) is 0 Å². The Morgan fingerprint density at radius 3 is 2.85 bits per heavy atom. The van der Waals surface area contributed by atoms with E-state index in [2.05, 4.69) is 5.32 Å². The van der Waals surface area contributed by atoms with Gasteiger partial charge < -0.3 is 19.9 Å². The van der Waals surface area contributed by atoms with Crippen LogP contribution in [0.15, 0.2) is 18.2 Å². The first kappa shape index (κ1) is 17.0. The normalized spacial score (nSPS) is 12.0. The molecule has 0 aliphatic rings. The van der Waals surface area contributed by atoms with Crippen LogP contribution in [0.1, 0.15) is 6.42 Å². The molecule has 112 valence electrons. The van der Waals surface area contributed by atoms with Crippen LogP contribution in [0.4, 0.5) is 0 Å². The molecule has 0 aromatic heterocycles. The monoisotopic (exact) mass is 321 g/mol. The van der Waals surface area contributed by atoms with Gasteiger partial charge in [-0.25, -0.2) is 0 Å². The van der Waals surface area contributed by atoms with Gasteiger partial charge in [0.15, 0.2) is 6.61 Å². The smallest absolute Gasteiger partial charge is 0.258 e. The van der Waals surface area contributed by atoms with E-state index in [1.165, 1.54) is 13.2 Å². The Hall–Kier alpha value is -1.01. The third-order valence-electron chi connectivity index (χ3n) is 2.46. The predicted molar refractivity (Wildman–Crippen MR) is 77.5 cm³/mol. The first-order valence-electron chi connectivity index (χ1n) is 6.03. The number of benzene rings is 1. The van der Waals surface area contributed by atoms with Gasteiger partial charge in [-0.05, 0) is 18.6 Å². The van der Waals surface area contributed by atoms with Gasteiger partial charge in [-0.3, -0.25) is 4.79 Å². The van der Waals surface area contributed by atoms with Crippen molar-refractivity contribution in [3.8, 4) is 5.75 Å². The zero-order valence-corrected chi connectivity index (χ0v) is 12.6. The number of rotatable bonds is 8. The third kappa shape index (κ3) is 5.96. The minimum Gasteiger partial charge on any atom is -0.482 e. The molecule has 7 heteroatoms. The first-order valence-corrected chi connectivity index (χ1v) is 6.79. The molecule has 0 heterocycles. The lowest BCUT2D eigenvalue weighted by Gasteiger charge is -2.17. The summed E-state index contributed by atoms with van der Waals surface area (Å²) in [5.41, 5.74) is 0. The molecule has 0 bridgehead atoms. The molecule has 1 aromatic rings. The van der Waals surface area contributed by atoms with Gasteiger partial charge in [0.05, 0.1) is 17.7 Å². The molecule has 1 aromatic carbocycles. The Bertz CT molecular complexity index is 436. The number of aliphatic hydroxyl groups is 1. The van der Waals surface area contributed by atoms with Crippen LogP contribution in [0.25, 0.3) is 0 Å². The van der Waals surface area contributed by atoms with E-state index in [9.17, 15) is 4.79 Å². The fourth-order valence-corrected chi connectivity index (χ4v) is 1.89. The van der Waals surface area contributed by atoms with Crippen LogP contribution in [0.2, 0.25) is 10.0 Å². The number of methoxy groups -OCH3 is 1. The third-order valence-corrected chi connectivity index (χ3v) is 3.01. The van der Waals surface area contributed by atoms with Gasteiger partial charge in [0, 0.05) is 24.8 Å². The van der Waals surface area contributed by atoms with Crippen molar-refractivity contribution in [2.75, 3.05) is 26.9 Å². The molecule has 0 radical (unpaired) electrons. The Balaban J connectivity index is 2.47. The number of nitrogens with one attached hydrogen (secondary N) is 1. The SMILES string of the molecule is COCC(CCO)NC(=O)COc1cc(Cl)ccc1Cl. The van der Waals surface area contributed by atoms with Crippen LogP contribution in [0, 0.1) is 0 Å². The van der Waals surface area contributed by atoms with Crippen LogP contribution in [0.5, 0.6) is 5.75 Å². The molecule has 0 fully saturated rings. The highest BCUT2D eigenvalue weighted by molar-refractivity contribution is 6.34. The molecule has 1 rings (SSSR count). The molecule has 20 heavy (non-hydrogen) atoms. The largest absolute Gasteiger partial charge is 0.482 e. The predicted octanol–water partition coefficient (Wildman–Crippen LogP) is 1.89. The quantitative estimate of drug-likeness (QED) is 0.767. The van der Waals surface area contributed by atoms with Crippen molar-refractivity contribution < 1.29 is 19.4 Å². The van der Waals surface area contributed by atoms with Crippen LogP contribution in [-0.4, -0.2) is 44.0 Å². The number of amides is 1. The molecule has 0 aliphatic heterocycles. The van der Waals surface area contributed by atoms with Gasteiger partial charge in [-0.15, -0.1) is 0 Å². The minimum absolute atomic E-state index is 0.0325. The van der Waals surface area contributed by atoms with Gasteiger partial charge in [0.25, 0.3) is 5.91 Å². The number of hydrogen-bond donors (Lipinski definition) is 2. The lowest BCUT2D eigenvalue weighted by molar-refractivity contribution is -0.124. The average Bonchev–Trinajstić information content (AvgIpc) is 2.40. The van der Waals surface area contributed by atoms with Gasteiger partial charge in [0.1, 0.15) is 5.75 Å². The molecule has 5 nitrogen and oxygen atoms in total. The van der Waals surface area contributed by atoms with Crippen LogP contribution >= 0.6 is 23.2 Å². The Labute approximate surface area is 127 Å². The Kier molecular flexibility index (Phi) is 7.69. The molecule has 0 spiro atoms. The van der Waals surface area contributed by atoms with Crippen molar-refractivity contribution in [2.45, 2.75) is 12.5 Å². The van der Waals surface area contributed by atoms with Crippen molar-refractivity contribution in [1.82, 2.24) is 5.32 Å². The summed E-state index contributed by atoms with van der Waals surface area (Å²) < 4.78 is 10.3. The van der Waals surface area contributed by atoms with Gasteiger partial charge >= 0.3 is 0 Å². The summed E-state index contributed by atoms with van der Waals surface area (Å²) >= 11 is 11.7. The molecule has 1 amide bonds. The first-order chi connectivity index (χ1) is 9.56. The Morgan fingerprint density at radius 2 is 2.20 bits per heavy atom. The number of ether oxygens (including phenoxy) is 2. The van der Waals surface area contributed by atoms with E-state index in [1.807, 2.05) is 0 Å². The highest BCUT2D eigenvalue weighted by Gasteiger charge is 2.13. The number of halogens is 2. The molecule has 1 unspecified atom stereocenters. The van der Waals surface area contributed by atoms with E-state index < -0.39 is 0 Å². The zero-order chi connectivity index (χ0) is 15.0. The minimum atomic E-state index is -0.323. The van der Waals surface area contributed by atoms with Crippen LogP contribution in [-0.2, 0) is 9.53 Å². The summed E-state index contributed by atoms with van der Waals surface area (Å²) in [6, 6.07) is 4.51. The van der Waals surface area contributed by atoms with E-state index >= 15 is 0 Å². The average molecular weight is 322 g/mol. The van der Waals surface area contributed by atoms with Crippen LogP contribution in [0.3, 0.4) is 0 Å². The maximum atomic E-state index is 11.7. The standard InChI is InChI=1S/C13H17Cl2NO4/c1-19-7-10(4-5-17)16-13(18)8-20-12-6-9(14)2-3-11(12)15/h2-3,6,10,17H,4-5,7-8H2,1H3,(H,16,18). The summed E-state index contributed by atoms with van der Waals surface area (Å²) in [4.78, 5) is 11.7. The topological polar surface area (TPSA) is 67.8 Å². The molecular formula is C13H17Cl2NO4. The van der Waals surface area contributed by atoms with Gasteiger partial charge in [0.2, 0.25) is 0 Å². The molecule has 0 saturated heterocycles. The molecule has 0 aliphatic carbocycles. The molecule has 1 atom stereocenters. The second kappa shape index (κ2) is 9.02. The van der Waals surface area contributed by atoms with Crippen LogP contribution < -0.4 is 10.1 Å². The number of carbonyl (C=O) groups excluding carboxylic acids is 1. The summed E-state index contributed by atoms with van der Waals surface area (Å²) in [6.45, 7) is 0.102. The summed E-state index contributed by atoms with van der Waals surface area (Å²) in [5, 5.41) is 12.4. The summed E-state index contributed by atoms with van der Waals surface area (Å²) in [7, 11) is 1.53. The fraction of sp³-hybridized carbons (Fsp3) is 0.462. The zero-order valence-electron chi connectivity index (χ0n) is 11.1. The van der Waals surface area contributed by atoms with E-state index in [0.717, 1.165) is 0 Å². The Morgan fingerprint density at radius 1 is 1.45 bits per heavy atom. The maximum absolute atomic E-state index is 11.7. The second-order valence-corrected chi connectivity index (χ2v) is 4.94. The van der Waals surface area contributed by atoms with E-state index in [4.69, 9.17) is 37.8 Å². The van der Waals surface area contributed by atoms with Crippen molar-refractivity contribution in [3.05, 3.63) is 28.2 Å². The van der Waals surface area contributed by atoms with Gasteiger partial charge in [-0.1, -0.05) is 23.2 Å². The van der Waals surface area contributed by atoms with Crippen molar-refractivity contribution >= 4 is 29.1 Å². The molecular weight excluding hydrogens is 305 g/mol. The van der Waals surface area contributed by atoms with Crippen molar-refractivity contribution in [1.29, 1.82) is 0 Å². The van der Waals surface area contributed by atoms with E-state index in [-0.39, 0.29) is 25.2 Å². The molecule has 2 N–H and O–H groups in total. The number of hydrogen-bond acceptors (Lipinski definition) is 4. The fourth-order valence-electron chi connectivity index (χ4n) is 1.55.